The van der Waals surface area contributed by atoms with Crippen molar-refractivity contribution in [1.29, 1.82) is 0 Å². The monoisotopic (exact) mass is 588 g/mol. The van der Waals surface area contributed by atoms with Gasteiger partial charge in [-0.3, -0.25) is 4.57 Å². The number of benzene rings is 5. The molecular formula is C42H40N2O. The van der Waals surface area contributed by atoms with Crippen LogP contribution in [0.2, 0.25) is 0 Å². The third-order valence-electron chi connectivity index (χ3n) is 9.08. The lowest BCUT2D eigenvalue weighted by Gasteiger charge is -2.24. The summed E-state index contributed by atoms with van der Waals surface area (Å²) in [6.07, 6.45) is 1.89. The summed E-state index contributed by atoms with van der Waals surface area (Å²) in [5.41, 5.74) is 16.6. The van der Waals surface area contributed by atoms with E-state index in [2.05, 4.69) is 150 Å². The zero-order valence-electron chi connectivity index (χ0n) is 27.3. The molecule has 0 unspecified atom stereocenters. The second kappa shape index (κ2) is 11.2. The number of aryl methyl sites for hydroxylation is 3. The maximum Gasteiger partial charge on any atom is 0.149 e. The average Bonchev–Trinajstić information content (AvgIpc) is 3.61. The van der Waals surface area contributed by atoms with E-state index in [-0.39, 0.29) is 0 Å². The number of fused-ring (bicyclic) bond motifs is 2. The Bertz CT molecular complexity index is 2140. The Balaban J connectivity index is 1.53. The Morgan fingerprint density at radius 3 is 1.96 bits per heavy atom. The zero-order chi connectivity index (χ0) is 31.4. The van der Waals surface area contributed by atoms with E-state index >= 15 is 0 Å². The molecule has 2 aromatic heterocycles. The lowest BCUT2D eigenvalue weighted by molar-refractivity contribution is 0.616. The molecule has 3 nitrogen and oxygen atoms in total. The quantitative estimate of drug-likeness (QED) is 0.193. The minimum atomic E-state index is 0.301. The average molecular weight is 589 g/mol. The first-order chi connectivity index (χ1) is 21.7. The van der Waals surface area contributed by atoms with E-state index in [1.54, 1.807) is 0 Å². The number of aromatic nitrogens is 2. The highest BCUT2D eigenvalue weighted by molar-refractivity contribution is 5.98. The van der Waals surface area contributed by atoms with Crippen molar-refractivity contribution in [2.45, 2.75) is 60.3 Å². The van der Waals surface area contributed by atoms with Crippen molar-refractivity contribution in [2.75, 3.05) is 0 Å². The number of rotatable bonds is 6. The van der Waals surface area contributed by atoms with Gasteiger partial charge in [0.25, 0.3) is 0 Å². The van der Waals surface area contributed by atoms with Crippen molar-refractivity contribution in [2.24, 2.45) is 0 Å². The van der Waals surface area contributed by atoms with Gasteiger partial charge in [-0.25, -0.2) is 4.98 Å². The van der Waals surface area contributed by atoms with Crippen LogP contribution in [0.25, 0.3) is 61.3 Å². The molecule has 0 N–H and O–H groups in total. The fourth-order valence-corrected chi connectivity index (χ4v) is 7.04. The normalized spacial score (nSPS) is 11.8. The van der Waals surface area contributed by atoms with E-state index in [0.29, 0.717) is 11.8 Å². The second-order valence-corrected chi connectivity index (χ2v) is 13.1. The molecule has 3 heteroatoms. The van der Waals surface area contributed by atoms with Crippen LogP contribution in [0.4, 0.5) is 0 Å². The summed E-state index contributed by atoms with van der Waals surface area (Å²) in [4.78, 5) is 5.32. The summed E-state index contributed by atoms with van der Waals surface area (Å²) in [7, 11) is 0. The van der Waals surface area contributed by atoms with Gasteiger partial charge in [0.2, 0.25) is 0 Å². The maximum absolute atomic E-state index is 6.24. The van der Waals surface area contributed by atoms with E-state index in [1.165, 1.54) is 55.8 Å². The van der Waals surface area contributed by atoms with Crippen LogP contribution in [0.3, 0.4) is 0 Å². The number of furan rings is 1. The van der Waals surface area contributed by atoms with Crippen LogP contribution >= 0.6 is 0 Å². The molecular weight excluding hydrogens is 548 g/mol. The van der Waals surface area contributed by atoms with Crippen molar-refractivity contribution in [3.63, 3.8) is 0 Å². The number of hydrogen-bond donors (Lipinski definition) is 0. The molecule has 7 rings (SSSR count). The molecule has 0 aliphatic carbocycles. The van der Waals surface area contributed by atoms with Gasteiger partial charge in [-0.15, -0.1) is 0 Å². The van der Waals surface area contributed by atoms with Gasteiger partial charge in [0.1, 0.15) is 17.7 Å². The highest BCUT2D eigenvalue weighted by atomic mass is 16.3. The topological polar surface area (TPSA) is 31.0 Å². The number of imidazole rings is 1. The van der Waals surface area contributed by atoms with Gasteiger partial charge in [0.05, 0.1) is 22.3 Å². The Labute approximate surface area is 266 Å². The van der Waals surface area contributed by atoms with Crippen LogP contribution in [0.1, 0.15) is 67.3 Å². The van der Waals surface area contributed by atoms with Crippen molar-refractivity contribution in [3.8, 4) is 39.3 Å². The lowest BCUT2D eigenvalue weighted by Crippen LogP contribution is -2.09. The standard InChI is InChI=1S/C42H40N2O/c1-25(2)33-22-32(30-13-9-8-10-14-30)23-34(26(3)4)41(33)44-38-16-12-11-15-37(38)43-42(44)36-24-45-39-18-17-31(21-35(36)39)40-28(6)19-27(5)20-29(40)7/h8-26H,1-7H3. The predicted molar refractivity (Wildman–Crippen MR) is 190 cm³/mol. The third kappa shape index (κ3) is 4.97. The van der Waals surface area contributed by atoms with E-state index in [9.17, 15) is 0 Å². The molecule has 0 saturated heterocycles. The molecule has 45 heavy (non-hydrogen) atoms. The Hall–Kier alpha value is -4.89. The zero-order valence-corrected chi connectivity index (χ0v) is 27.3. The maximum atomic E-state index is 6.24. The van der Waals surface area contributed by atoms with Gasteiger partial charge in [-0.1, -0.05) is 93.9 Å². The smallest absolute Gasteiger partial charge is 0.149 e. The predicted octanol–water partition coefficient (Wildman–Crippen LogP) is 11.9. The first-order valence-corrected chi connectivity index (χ1v) is 16.0. The molecule has 7 aromatic rings. The lowest BCUT2D eigenvalue weighted by atomic mass is 9.88. The van der Waals surface area contributed by atoms with Crippen molar-refractivity contribution in [1.82, 2.24) is 9.55 Å². The molecule has 0 amide bonds. The fourth-order valence-electron chi connectivity index (χ4n) is 7.04. The first kappa shape index (κ1) is 28.9. The highest BCUT2D eigenvalue weighted by Crippen LogP contribution is 2.42. The van der Waals surface area contributed by atoms with Crippen molar-refractivity contribution >= 4 is 22.0 Å². The van der Waals surface area contributed by atoms with Gasteiger partial charge in [0.15, 0.2) is 0 Å². The second-order valence-electron chi connectivity index (χ2n) is 13.1. The minimum absolute atomic E-state index is 0.301. The highest BCUT2D eigenvalue weighted by Gasteiger charge is 2.25. The van der Waals surface area contributed by atoms with E-state index in [4.69, 9.17) is 9.40 Å². The first-order valence-electron chi connectivity index (χ1n) is 16.0. The summed E-state index contributed by atoms with van der Waals surface area (Å²) in [5.74, 6) is 1.51. The Kier molecular flexibility index (Phi) is 7.20. The molecule has 224 valence electrons. The van der Waals surface area contributed by atoms with Crippen LogP contribution in [-0.2, 0) is 0 Å². The summed E-state index contributed by atoms with van der Waals surface area (Å²) in [5, 5.41) is 1.07. The molecule has 2 heterocycles. The fraction of sp³-hybridized carbons (Fsp3) is 0.214. The van der Waals surface area contributed by atoms with Crippen LogP contribution in [0.5, 0.6) is 0 Å². The molecule has 0 aliphatic heterocycles. The van der Waals surface area contributed by atoms with Gasteiger partial charge in [0, 0.05) is 5.39 Å². The molecule has 0 aliphatic rings. The van der Waals surface area contributed by atoms with Crippen LogP contribution in [0, 0.1) is 20.8 Å². The summed E-state index contributed by atoms with van der Waals surface area (Å²) >= 11 is 0. The third-order valence-corrected chi connectivity index (χ3v) is 9.08. The minimum Gasteiger partial charge on any atom is -0.464 e. The summed E-state index contributed by atoms with van der Waals surface area (Å²) < 4.78 is 8.64. The van der Waals surface area contributed by atoms with Crippen LogP contribution < -0.4 is 0 Å². The molecule has 0 bridgehead atoms. The number of nitrogens with zero attached hydrogens (tertiary/aromatic N) is 2. The van der Waals surface area contributed by atoms with Gasteiger partial charge < -0.3 is 4.42 Å². The van der Waals surface area contributed by atoms with Gasteiger partial charge in [-0.2, -0.15) is 0 Å². The molecule has 0 spiro atoms. The molecule has 0 fully saturated rings. The van der Waals surface area contributed by atoms with E-state index in [0.717, 1.165) is 33.4 Å². The van der Waals surface area contributed by atoms with Crippen LogP contribution in [0.15, 0.2) is 108 Å². The van der Waals surface area contributed by atoms with Gasteiger partial charge >= 0.3 is 0 Å². The number of para-hydroxylation sites is 2. The van der Waals surface area contributed by atoms with Crippen molar-refractivity contribution < 1.29 is 4.42 Å². The summed E-state index contributed by atoms with van der Waals surface area (Å²) in [6.45, 7) is 15.7. The van der Waals surface area contributed by atoms with E-state index < -0.39 is 0 Å². The van der Waals surface area contributed by atoms with E-state index in [1.807, 2.05) is 6.26 Å². The Morgan fingerprint density at radius 2 is 1.29 bits per heavy atom. The van der Waals surface area contributed by atoms with Crippen molar-refractivity contribution in [3.05, 3.63) is 131 Å². The largest absolute Gasteiger partial charge is 0.464 e. The molecule has 0 radical (unpaired) electrons. The SMILES string of the molecule is Cc1cc(C)c(-c2ccc3occ(-c4nc5ccccc5n4-c4c(C(C)C)cc(-c5ccccc5)cc4C(C)C)c3c2)c(C)c1. The summed E-state index contributed by atoms with van der Waals surface area (Å²) in [6, 6.07) is 35.1. The molecule has 0 atom stereocenters. The molecule has 0 saturated carbocycles. The number of hydrogen-bond acceptors (Lipinski definition) is 2. The molecule has 5 aromatic carbocycles. The Morgan fingerprint density at radius 1 is 0.644 bits per heavy atom. The van der Waals surface area contributed by atoms with Gasteiger partial charge in [-0.05, 0) is 114 Å². The van der Waals surface area contributed by atoms with Crippen LogP contribution in [-0.4, -0.2) is 9.55 Å².